The van der Waals surface area contributed by atoms with Gasteiger partial charge in [0.15, 0.2) is 0 Å². The minimum atomic E-state index is -3.38. The standard InChI is InChI=1S/C22H34N2O5S/c1-3-28-22(25)24-15-7-10-20(23-30(2,26)27)21(24)16-29-19-13-11-18(12-14-19)17-8-5-4-6-9-17/h4-6,8-9,18-21,23H,3,7,10-16H2,1-2H3/t18-,19+,20-,21-/m0/s1. The summed E-state index contributed by atoms with van der Waals surface area (Å²) in [6.07, 6.45) is 6.37. The van der Waals surface area contributed by atoms with Crippen LogP contribution in [0.25, 0.3) is 0 Å². The molecule has 1 saturated heterocycles. The van der Waals surface area contributed by atoms with Gasteiger partial charge in [-0.15, -0.1) is 0 Å². The summed E-state index contributed by atoms with van der Waals surface area (Å²) < 4.78 is 37.8. The molecule has 7 nitrogen and oxygen atoms in total. The van der Waals surface area contributed by atoms with Crippen LogP contribution in [0.4, 0.5) is 4.79 Å². The normalized spacial score (nSPS) is 27.6. The average Bonchev–Trinajstić information content (AvgIpc) is 2.73. The Kier molecular flexibility index (Phi) is 8.13. The number of rotatable bonds is 7. The number of ether oxygens (including phenoxy) is 2. The highest BCUT2D eigenvalue weighted by Crippen LogP contribution is 2.34. The van der Waals surface area contributed by atoms with Gasteiger partial charge < -0.3 is 14.4 Å². The molecular formula is C22H34N2O5S. The first-order valence-electron chi connectivity index (χ1n) is 10.9. The van der Waals surface area contributed by atoms with Gasteiger partial charge in [-0.1, -0.05) is 30.3 Å². The molecule has 3 rings (SSSR count). The first-order valence-corrected chi connectivity index (χ1v) is 12.8. The summed E-state index contributed by atoms with van der Waals surface area (Å²) in [7, 11) is -3.38. The number of amides is 1. The highest BCUT2D eigenvalue weighted by molar-refractivity contribution is 7.88. The average molecular weight is 439 g/mol. The van der Waals surface area contributed by atoms with E-state index in [0.717, 1.165) is 38.4 Å². The summed E-state index contributed by atoms with van der Waals surface area (Å²) in [6, 6.07) is 9.86. The van der Waals surface area contributed by atoms with E-state index in [4.69, 9.17) is 9.47 Å². The van der Waals surface area contributed by atoms with Crippen molar-refractivity contribution in [1.29, 1.82) is 0 Å². The molecule has 0 radical (unpaired) electrons. The maximum atomic E-state index is 12.4. The summed E-state index contributed by atoms with van der Waals surface area (Å²) >= 11 is 0. The number of benzene rings is 1. The van der Waals surface area contributed by atoms with E-state index in [-0.39, 0.29) is 24.8 Å². The van der Waals surface area contributed by atoms with Gasteiger partial charge in [-0.05, 0) is 56.9 Å². The number of piperidine rings is 1. The van der Waals surface area contributed by atoms with Crippen LogP contribution in [0.5, 0.6) is 0 Å². The zero-order chi connectivity index (χ0) is 21.6. The minimum Gasteiger partial charge on any atom is -0.450 e. The molecule has 0 unspecified atom stereocenters. The predicted molar refractivity (Wildman–Crippen MR) is 116 cm³/mol. The van der Waals surface area contributed by atoms with Crippen LogP contribution in [0.2, 0.25) is 0 Å². The van der Waals surface area contributed by atoms with Crippen molar-refractivity contribution in [2.24, 2.45) is 0 Å². The van der Waals surface area contributed by atoms with Crippen LogP contribution in [0, 0.1) is 0 Å². The predicted octanol–water partition coefficient (Wildman–Crippen LogP) is 3.27. The Labute approximate surface area is 180 Å². The van der Waals surface area contributed by atoms with Crippen LogP contribution in [0.3, 0.4) is 0 Å². The van der Waals surface area contributed by atoms with Gasteiger partial charge in [-0.2, -0.15) is 0 Å². The Morgan fingerprint density at radius 2 is 1.83 bits per heavy atom. The van der Waals surface area contributed by atoms with Gasteiger partial charge in [-0.25, -0.2) is 17.9 Å². The highest BCUT2D eigenvalue weighted by Gasteiger charge is 2.37. The zero-order valence-electron chi connectivity index (χ0n) is 18.0. The number of hydrogen-bond donors (Lipinski definition) is 1. The summed E-state index contributed by atoms with van der Waals surface area (Å²) in [5.41, 5.74) is 1.38. The van der Waals surface area contributed by atoms with Gasteiger partial charge in [0.2, 0.25) is 10.0 Å². The van der Waals surface area contributed by atoms with Crippen LogP contribution in [0.15, 0.2) is 30.3 Å². The van der Waals surface area contributed by atoms with Crippen molar-refractivity contribution in [1.82, 2.24) is 9.62 Å². The maximum absolute atomic E-state index is 12.4. The molecule has 1 aromatic carbocycles. The van der Waals surface area contributed by atoms with Crippen molar-refractivity contribution in [3.05, 3.63) is 35.9 Å². The molecule has 1 amide bonds. The van der Waals surface area contributed by atoms with E-state index in [2.05, 4.69) is 29.0 Å². The largest absolute Gasteiger partial charge is 0.450 e. The Balaban J connectivity index is 1.59. The summed E-state index contributed by atoms with van der Waals surface area (Å²) in [5, 5.41) is 0. The molecule has 0 bridgehead atoms. The van der Waals surface area contributed by atoms with Gasteiger partial charge in [0.05, 0.1) is 31.6 Å². The summed E-state index contributed by atoms with van der Waals surface area (Å²) in [4.78, 5) is 14.1. The van der Waals surface area contributed by atoms with Crippen molar-refractivity contribution in [2.75, 3.05) is 26.0 Å². The van der Waals surface area contributed by atoms with Gasteiger partial charge in [0.25, 0.3) is 0 Å². The number of carbonyl (C=O) groups is 1. The molecule has 1 aliphatic carbocycles. The fourth-order valence-electron chi connectivity index (χ4n) is 4.63. The monoisotopic (exact) mass is 438 g/mol. The third-order valence-electron chi connectivity index (χ3n) is 6.09. The van der Waals surface area contributed by atoms with Crippen LogP contribution in [0.1, 0.15) is 56.9 Å². The van der Waals surface area contributed by atoms with Gasteiger partial charge in [0.1, 0.15) is 0 Å². The van der Waals surface area contributed by atoms with E-state index in [1.54, 1.807) is 11.8 Å². The van der Waals surface area contributed by atoms with Crippen molar-refractivity contribution in [2.45, 2.75) is 69.6 Å². The smallest absolute Gasteiger partial charge is 0.410 e. The first-order chi connectivity index (χ1) is 14.4. The molecule has 0 spiro atoms. The molecular weight excluding hydrogens is 404 g/mol. The second-order valence-corrected chi connectivity index (χ2v) is 10.1. The molecule has 1 N–H and O–H groups in total. The Morgan fingerprint density at radius 1 is 1.13 bits per heavy atom. The molecule has 2 aliphatic rings. The van der Waals surface area contributed by atoms with Crippen LogP contribution in [-0.4, -0.2) is 63.6 Å². The topological polar surface area (TPSA) is 84.9 Å². The quantitative estimate of drug-likeness (QED) is 0.706. The SMILES string of the molecule is CCOC(=O)N1CCC[C@H](NS(C)(=O)=O)[C@@H]1CO[C@H]1CC[C@@H](c2ccccc2)CC1. The van der Waals surface area contributed by atoms with E-state index < -0.39 is 16.1 Å². The lowest BCUT2D eigenvalue weighted by Gasteiger charge is -2.41. The number of nitrogens with one attached hydrogen (secondary N) is 1. The highest BCUT2D eigenvalue weighted by atomic mass is 32.2. The molecule has 1 saturated carbocycles. The molecule has 0 aromatic heterocycles. The van der Waals surface area contributed by atoms with Gasteiger partial charge >= 0.3 is 6.09 Å². The summed E-state index contributed by atoms with van der Waals surface area (Å²) in [6.45, 7) is 2.92. The van der Waals surface area contributed by atoms with E-state index in [9.17, 15) is 13.2 Å². The minimum absolute atomic E-state index is 0.134. The van der Waals surface area contributed by atoms with E-state index in [1.807, 2.05) is 6.07 Å². The molecule has 8 heteroatoms. The fraction of sp³-hybridized carbons (Fsp3) is 0.682. The zero-order valence-corrected chi connectivity index (χ0v) is 18.8. The Bertz CT molecular complexity index is 778. The lowest BCUT2D eigenvalue weighted by Crippen LogP contribution is -2.59. The Morgan fingerprint density at radius 3 is 2.47 bits per heavy atom. The van der Waals surface area contributed by atoms with Gasteiger partial charge in [-0.3, -0.25) is 0 Å². The first kappa shape index (κ1) is 23.0. The van der Waals surface area contributed by atoms with Crippen LogP contribution >= 0.6 is 0 Å². The van der Waals surface area contributed by atoms with Crippen LogP contribution < -0.4 is 4.72 Å². The lowest BCUT2D eigenvalue weighted by molar-refractivity contribution is -0.0261. The molecule has 1 heterocycles. The fourth-order valence-corrected chi connectivity index (χ4v) is 5.46. The number of likely N-dealkylation sites (tertiary alicyclic amines) is 1. The Hall–Kier alpha value is -1.64. The number of hydrogen-bond acceptors (Lipinski definition) is 5. The second kappa shape index (κ2) is 10.6. The van der Waals surface area contributed by atoms with Gasteiger partial charge in [0, 0.05) is 12.6 Å². The molecule has 168 valence electrons. The molecule has 1 aromatic rings. The number of nitrogens with zero attached hydrogens (tertiary/aromatic N) is 1. The van der Waals surface area contributed by atoms with E-state index in [1.165, 1.54) is 5.56 Å². The second-order valence-electron chi connectivity index (χ2n) is 8.32. The molecule has 1 aliphatic heterocycles. The maximum Gasteiger partial charge on any atom is 0.410 e. The van der Waals surface area contributed by atoms with Crippen molar-refractivity contribution in [3.8, 4) is 0 Å². The third kappa shape index (κ3) is 6.43. The van der Waals surface area contributed by atoms with Crippen molar-refractivity contribution < 1.29 is 22.7 Å². The molecule has 2 fully saturated rings. The van der Waals surface area contributed by atoms with Crippen molar-refractivity contribution >= 4 is 16.1 Å². The third-order valence-corrected chi connectivity index (χ3v) is 6.83. The summed E-state index contributed by atoms with van der Waals surface area (Å²) in [5.74, 6) is 0.566. The van der Waals surface area contributed by atoms with Crippen LogP contribution in [-0.2, 0) is 19.5 Å². The lowest BCUT2D eigenvalue weighted by atomic mass is 9.83. The number of carbonyl (C=O) groups excluding carboxylic acids is 1. The molecule has 2 atom stereocenters. The number of sulfonamides is 1. The van der Waals surface area contributed by atoms with E-state index in [0.29, 0.717) is 25.5 Å². The van der Waals surface area contributed by atoms with E-state index >= 15 is 0 Å². The van der Waals surface area contributed by atoms with Crippen molar-refractivity contribution in [3.63, 3.8) is 0 Å². The molecule has 30 heavy (non-hydrogen) atoms.